The van der Waals surface area contributed by atoms with Crippen molar-refractivity contribution in [1.29, 1.82) is 0 Å². The summed E-state index contributed by atoms with van der Waals surface area (Å²) in [6.07, 6.45) is 0.470. The van der Waals surface area contributed by atoms with Gasteiger partial charge in [-0.05, 0) is 48.7 Å². The molecule has 0 aliphatic heterocycles. The third-order valence-electron chi connectivity index (χ3n) is 5.41. The number of methoxy groups -OCH3 is 1. The first-order valence-electron chi connectivity index (χ1n) is 10.3. The Kier molecular flexibility index (Phi) is 7.57. The van der Waals surface area contributed by atoms with E-state index in [1.165, 1.54) is 13.2 Å². The van der Waals surface area contributed by atoms with E-state index < -0.39 is 11.9 Å². The van der Waals surface area contributed by atoms with Gasteiger partial charge in [-0.2, -0.15) is 0 Å². The van der Waals surface area contributed by atoms with Crippen LogP contribution in [0.3, 0.4) is 0 Å². The van der Waals surface area contributed by atoms with E-state index in [9.17, 15) is 14.7 Å². The summed E-state index contributed by atoms with van der Waals surface area (Å²) in [5.41, 5.74) is 2.83. The van der Waals surface area contributed by atoms with Gasteiger partial charge in [0.05, 0.1) is 18.2 Å². The summed E-state index contributed by atoms with van der Waals surface area (Å²) in [5, 5.41) is 13.7. The zero-order valence-corrected chi connectivity index (χ0v) is 17.7. The molecule has 0 aromatic heterocycles. The lowest BCUT2D eigenvalue weighted by Crippen LogP contribution is -2.39. The highest BCUT2D eigenvalue weighted by Crippen LogP contribution is 2.24. The Bertz CT molecular complexity index is 1020. The van der Waals surface area contributed by atoms with Gasteiger partial charge in [-0.3, -0.25) is 4.79 Å². The normalized spacial score (nSPS) is 12.7. The maximum absolute atomic E-state index is 13.4. The maximum Gasteiger partial charge on any atom is 0.337 e. The summed E-state index contributed by atoms with van der Waals surface area (Å²) in [4.78, 5) is 25.1. The van der Waals surface area contributed by atoms with Crippen molar-refractivity contribution in [2.24, 2.45) is 5.92 Å². The van der Waals surface area contributed by atoms with Crippen molar-refractivity contribution in [3.63, 3.8) is 0 Å². The lowest BCUT2D eigenvalue weighted by molar-refractivity contribution is 0.0600. The Labute approximate surface area is 182 Å². The summed E-state index contributed by atoms with van der Waals surface area (Å²) in [7, 11) is 1.34. The number of ketones is 1. The third-order valence-corrected chi connectivity index (χ3v) is 5.41. The fraction of sp³-hybridized carbons (Fsp3) is 0.231. The molecule has 160 valence electrons. The average Bonchev–Trinajstić information content (AvgIpc) is 2.81. The third kappa shape index (κ3) is 5.80. The molecule has 2 N–H and O–H groups in total. The number of Topliss-reactive ketones (excluding diaryl/α,β-unsaturated/α-hetero) is 1. The van der Waals surface area contributed by atoms with Gasteiger partial charge in [0.15, 0.2) is 5.78 Å². The van der Waals surface area contributed by atoms with Crippen LogP contribution in [0.4, 0.5) is 0 Å². The van der Waals surface area contributed by atoms with Crippen LogP contribution in [0.5, 0.6) is 5.75 Å². The molecule has 3 aromatic carbocycles. The highest BCUT2D eigenvalue weighted by atomic mass is 16.5. The molecule has 0 aliphatic carbocycles. The number of phenolic OH excluding ortho intramolecular Hbond substituents is 1. The Morgan fingerprint density at radius 1 is 0.903 bits per heavy atom. The van der Waals surface area contributed by atoms with Crippen molar-refractivity contribution >= 4 is 11.8 Å². The molecule has 0 amide bonds. The number of carbonyl (C=O) groups is 2. The van der Waals surface area contributed by atoms with Crippen molar-refractivity contribution in [3.8, 4) is 5.75 Å². The van der Waals surface area contributed by atoms with Crippen LogP contribution < -0.4 is 5.32 Å². The molecule has 2 atom stereocenters. The van der Waals surface area contributed by atoms with Crippen LogP contribution in [0.25, 0.3) is 0 Å². The van der Waals surface area contributed by atoms with Gasteiger partial charge in [-0.1, -0.05) is 54.6 Å². The number of phenols is 1. The number of ether oxygens (including phenoxy) is 1. The SMILES string of the molecule is COC(=O)c1ccc(CC(C(=O)c2ccccc2O)C(C)NCc2ccccc2)cc1. The van der Waals surface area contributed by atoms with Gasteiger partial charge >= 0.3 is 5.97 Å². The van der Waals surface area contributed by atoms with E-state index >= 15 is 0 Å². The predicted octanol–water partition coefficient (Wildman–Crippen LogP) is 4.40. The molecule has 0 aliphatic rings. The maximum atomic E-state index is 13.4. The first-order chi connectivity index (χ1) is 15.0. The van der Waals surface area contributed by atoms with Gasteiger partial charge in [-0.15, -0.1) is 0 Å². The Hall–Kier alpha value is -3.44. The largest absolute Gasteiger partial charge is 0.507 e. The van der Waals surface area contributed by atoms with E-state index in [-0.39, 0.29) is 17.6 Å². The van der Waals surface area contributed by atoms with Crippen molar-refractivity contribution in [1.82, 2.24) is 5.32 Å². The lowest BCUT2D eigenvalue weighted by atomic mass is 9.85. The minimum atomic E-state index is -0.402. The van der Waals surface area contributed by atoms with Gasteiger partial charge in [0, 0.05) is 18.5 Å². The molecular formula is C26H27NO4. The second kappa shape index (κ2) is 10.5. The highest BCUT2D eigenvalue weighted by Gasteiger charge is 2.28. The van der Waals surface area contributed by atoms with E-state index in [0.29, 0.717) is 24.1 Å². The molecule has 0 fully saturated rings. The fourth-order valence-electron chi connectivity index (χ4n) is 3.54. The van der Waals surface area contributed by atoms with E-state index in [2.05, 4.69) is 5.32 Å². The summed E-state index contributed by atoms with van der Waals surface area (Å²) < 4.78 is 4.75. The molecule has 5 heteroatoms. The molecule has 2 unspecified atom stereocenters. The molecule has 0 spiro atoms. The molecule has 0 radical (unpaired) electrons. The molecule has 3 rings (SSSR count). The number of hydrogen-bond acceptors (Lipinski definition) is 5. The fourth-order valence-corrected chi connectivity index (χ4v) is 3.54. The van der Waals surface area contributed by atoms with E-state index in [1.54, 1.807) is 30.3 Å². The first kappa shape index (κ1) is 22.2. The molecule has 0 saturated heterocycles. The molecule has 5 nitrogen and oxygen atoms in total. The first-order valence-corrected chi connectivity index (χ1v) is 10.3. The number of esters is 1. The number of para-hydroxylation sites is 1. The standard InChI is InChI=1S/C26H27NO4/c1-18(27-17-20-8-4-3-5-9-20)23(25(29)22-10-6-7-11-24(22)28)16-19-12-14-21(15-13-19)26(30)31-2/h3-15,18,23,27-28H,16-17H2,1-2H3. The van der Waals surface area contributed by atoms with Gasteiger partial charge in [-0.25, -0.2) is 4.79 Å². The molecule has 0 heterocycles. The van der Waals surface area contributed by atoms with Crippen LogP contribution in [-0.4, -0.2) is 30.0 Å². The Morgan fingerprint density at radius 2 is 1.55 bits per heavy atom. The van der Waals surface area contributed by atoms with Crippen LogP contribution in [0.15, 0.2) is 78.9 Å². The number of hydrogen-bond donors (Lipinski definition) is 2. The zero-order valence-electron chi connectivity index (χ0n) is 17.7. The molecule has 0 bridgehead atoms. The van der Waals surface area contributed by atoms with Gasteiger partial charge in [0.25, 0.3) is 0 Å². The smallest absolute Gasteiger partial charge is 0.337 e. The quantitative estimate of drug-likeness (QED) is 0.399. The van der Waals surface area contributed by atoms with Gasteiger partial charge < -0.3 is 15.2 Å². The number of aromatic hydroxyl groups is 1. The monoisotopic (exact) mass is 417 g/mol. The van der Waals surface area contributed by atoms with Crippen LogP contribution in [0.1, 0.15) is 38.8 Å². The minimum Gasteiger partial charge on any atom is -0.507 e. The van der Waals surface area contributed by atoms with E-state index in [0.717, 1.165) is 11.1 Å². The number of benzene rings is 3. The Morgan fingerprint density at radius 3 is 2.19 bits per heavy atom. The second-order valence-electron chi connectivity index (χ2n) is 7.54. The molecule has 31 heavy (non-hydrogen) atoms. The van der Waals surface area contributed by atoms with Crippen LogP contribution >= 0.6 is 0 Å². The molecule has 3 aromatic rings. The Balaban J connectivity index is 1.82. The van der Waals surface area contributed by atoms with Gasteiger partial charge in [0.2, 0.25) is 0 Å². The summed E-state index contributed by atoms with van der Waals surface area (Å²) in [6.45, 7) is 2.61. The number of nitrogens with one attached hydrogen (secondary N) is 1. The molecule has 0 saturated carbocycles. The number of carbonyl (C=O) groups excluding carboxylic acids is 2. The number of rotatable bonds is 9. The van der Waals surface area contributed by atoms with E-state index in [1.807, 2.05) is 49.4 Å². The van der Waals surface area contributed by atoms with Crippen molar-refractivity contribution < 1.29 is 19.4 Å². The lowest BCUT2D eigenvalue weighted by Gasteiger charge is -2.25. The van der Waals surface area contributed by atoms with Crippen LogP contribution in [0.2, 0.25) is 0 Å². The second-order valence-corrected chi connectivity index (χ2v) is 7.54. The van der Waals surface area contributed by atoms with Crippen molar-refractivity contribution in [2.75, 3.05) is 7.11 Å². The van der Waals surface area contributed by atoms with Crippen molar-refractivity contribution in [3.05, 3.63) is 101 Å². The summed E-state index contributed by atoms with van der Waals surface area (Å²) in [6, 6.07) is 23.5. The van der Waals surface area contributed by atoms with Crippen LogP contribution in [0, 0.1) is 5.92 Å². The van der Waals surface area contributed by atoms with Crippen molar-refractivity contribution in [2.45, 2.75) is 25.9 Å². The topological polar surface area (TPSA) is 75.6 Å². The van der Waals surface area contributed by atoms with Gasteiger partial charge in [0.1, 0.15) is 5.75 Å². The molecular weight excluding hydrogens is 390 g/mol. The highest BCUT2D eigenvalue weighted by molar-refractivity contribution is 6.00. The predicted molar refractivity (Wildman–Crippen MR) is 120 cm³/mol. The summed E-state index contributed by atoms with van der Waals surface area (Å²) >= 11 is 0. The zero-order chi connectivity index (χ0) is 22.2. The average molecular weight is 418 g/mol. The minimum absolute atomic E-state index is 0.0196. The van der Waals surface area contributed by atoms with Crippen LogP contribution in [-0.2, 0) is 17.7 Å². The summed E-state index contributed by atoms with van der Waals surface area (Å²) in [5.74, 6) is -0.940. The van der Waals surface area contributed by atoms with E-state index in [4.69, 9.17) is 4.74 Å².